The molecule has 0 atom stereocenters. The van der Waals surface area contributed by atoms with Crippen molar-refractivity contribution in [3.63, 3.8) is 0 Å². The minimum absolute atomic E-state index is 0.227. The third-order valence-corrected chi connectivity index (χ3v) is 3.65. The maximum atomic E-state index is 11.9. The molecule has 0 radical (unpaired) electrons. The maximum Gasteiger partial charge on any atom is 0.294 e. The Hall–Kier alpha value is -1.76. The van der Waals surface area contributed by atoms with Gasteiger partial charge in [0.25, 0.3) is 5.91 Å². The zero-order valence-electron chi connectivity index (χ0n) is 9.84. The van der Waals surface area contributed by atoms with Crippen LogP contribution in [0.3, 0.4) is 0 Å². The summed E-state index contributed by atoms with van der Waals surface area (Å²) in [5.41, 5.74) is 0. The molecular formula is C11H12N4O2S. The SMILES string of the molecule is CCc1nnc(NC(=O)c2cnc(C3CC3)o2)s1. The van der Waals surface area contributed by atoms with Crippen LogP contribution in [0.2, 0.25) is 0 Å². The van der Waals surface area contributed by atoms with Crippen LogP contribution in [0, 0.1) is 0 Å². The van der Waals surface area contributed by atoms with Gasteiger partial charge in [0.2, 0.25) is 10.9 Å². The van der Waals surface area contributed by atoms with Crippen LogP contribution in [-0.2, 0) is 6.42 Å². The van der Waals surface area contributed by atoms with Gasteiger partial charge in [-0.25, -0.2) is 4.98 Å². The molecule has 0 spiro atoms. The second-order valence-corrected chi connectivity index (χ2v) is 5.21. The van der Waals surface area contributed by atoms with E-state index >= 15 is 0 Å². The molecular weight excluding hydrogens is 252 g/mol. The van der Waals surface area contributed by atoms with Crippen molar-refractivity contribution in [1.82, 2.24) is 15.2 Å². The molecule has 2 aromatic rings. The highest BCUT2D eigenvalue weighted by Gasteiger charge is 2.29. The molecule has 0 saturated heterocycles. The summed E-state index contributed by atoms with van der Waals surface area (Å²) in [7, 11) is 0. The van der Waals surface area contributed by atoms with E-state index in [-0.39, 0.29) is 11.7 Å². The van der Waals surface area contributed by atoms with Crippen LogP contribution in [0.5, 0.6) is 0 Å². The van der Waals surface area contributed by atoms with Crippen molar-refractivity contribution >= 4 is 22.4 Å². The second-order valence-electron chi connectivity index (χ2n) is 4.15. The first kappa shape index (κ1) is 11.3. The molecule has 1 N–H and O–H groups in total. The minimum atomic E-state index is -0.326. The molecule has 2 aromatic heterocycles. The number of carbonyl (C=O) groups excluding carboxylic acids is 1. The van der Waals surface area contributed by atoms with E-state index in [9.17, 15) is 4.79 Å². The Labute approximate surface area is 107 Å². The molecule has 6 nitrogen and oxygen atoms in total. The molecule has 1 aliphatic carbocycles. The average molecular weight is 264 g/mol. The Morgan fingerprint density at radius 2 is 2.39 bits per heavy atom. The first-order valence-corrected chi connectivity index (χ1v) is 6.67. The highest BCUT2D eigenvalue weighted by atomic mass is 32.1. The van der Waals surface area contributed by atoms with Gasteiger partial charge in [-0.1, -0.05) is 18.3 Å². The Kier molecular flexibility index (Phi) is 2.83. The summed E-state index contributed by atoms with van der Waals surface area (Å²) in [6.07, 6.45) is 4.46. The van der Waals surface area contributed by atoms with E-state index in [4.69, 9.17) is 4.42 Å². The average Bonchev–Trinajstić information content (AvgIpc) is 2.93. The molecule has 0 bridgehead atoms. The minimum Gasteiger partial charge on any atom is -0.435 e. The van der Waals surface area contributed by atoms with E-state index in [0.29, 0.717) is 16.9 Å². The van der Waals surface area contributed by atoms with Gasteiger partial charge in [0, 0.05) is 5.92 Å². The van der Waals surface area contributed by atoms with Crippen molar-refractivity contribution < 1.29 is 9.21 Å². The highest BCUT2D eigenvalue weighted by Crippen LogP contribution is 2.39. The number of hydrogen-bond acceptors (Lipinski definition) is 6. The normalized spacial score (nSPS) is 14.7. The third-order valence-electron chi connectivity index (χ3n) is 2.66. The number of amides is 1. The van der Waals surface area contributed by atoms with Crippen molar-refractivity contribution in [1.29, 1.82) is 0 Å². The number of oxazole rings is 1. The highest BCUT2D eigenvalue weighted by molar-refractivity contribution is 7.15. The van der Waals surface area contributed by atoms with E-state index < -0.39 is 0 Å². The fourth-order valence-electron chi connectivity index (χ4n) is 1.52. The molecule has 0 unspecified atom stereocenters. The smallest absolute Gasteiger partial charge is 0.294 e. The molecule has 1 saturated carbocycles. The number of carbonyl (C=O) groups is 1. The van der Waals surface area contributed by atoms with Crippen molar-refractivity contribution in [2.45, 2.75) is 32.1 Å². The number of hydrogen-bond donors (Lipinski definition) is 1. The second kappa shape index (κ2) is 4.49. The lowest BCUT2D eigenvalue weighted by Gasteiger charge is -1.95. The lowest BCUT2D eigenvalue weighted by molar-refractivity contribution is 0.0995. The number of aryl methyl sites for hydroxylation is 1. The van der Waals surface area contributed by atoms with Crippen LogP contribution in [0.15, 0.2) is 10.6 Å². The Bertz CT molecular complexity index is 573. The summed E-state index contributed by atoms with van der Waals surface area (Å²) in [4.78, 5) is 16.0. The van der Waals surface area contributed by atoms with Gasteiger partial charge in [-0.15, -0.1) is 10.2 Å². The molecule has 1 amide bonds. The van der Waals surface area contributed by atoms with Crippen LogP contribution >= 0.6 is 11.3 Å². The van der Waals surface area contributed by atoms with E-state index in [0.717, 1.165) is 24.3 Å². The molecule has 7 heteroatoms. The van der Waals surface area contributed by atoms with Crippen LogP contribution in [0.25, 0.3) is 0 Å². The quantitative estimate of drug-likeness (QED) is 0.915. The number of nitrogens with zero attached hydrogens (tertiary/aromatic N) is 3. The van der Waals surface area contributed by atoms with Gasteiger partial charge >= 0.3 is 0 Å². The van der Waals surface area contributed by atoms with Crippen molar-refractivity contribution in [3.05, 3.63) is 22.9 Å². The lowest BCUT2D eigenvalue weighted by atomic mass is 10.4. The molecule has 0 aliphatic heterocycles. The summed E-state index contributed by atoms with van der Waals surface area (Å²) >= 11 is 1.37. The van der Waals surface area contributed by atoms with Gasteiger partial charge in [-0.05, 0) is 19.3 Å². The molecule has 1 fully saturated rings. The number of nitrogens with one attached hydrogen (secondary N) is 1. The summed E-state index contributed by atoms with van der Waals surface area (Å²) in [6.45, 7) is 1.99. The standard InChI is InChI=1S/C11H12N4O2S/c1-2-8-14-15-11(18-8)13-9(16)7-5-12-10(17-7)6-3-4-6/h5-6H,2-4H2,1H3,(H,13,15,16). The topological polar surface area (TPSA) is 80.9 Å². The first-order chi connectivity index (χ1) is 8.76. The largest absolute Gasteiger partial charge is 0.435 e. The van der Waals surface area contributed by atoms with Crippen molar-refractivity contribution in [3.8, 4) is 0 Å². The first-order valence-electron chi connectivity index (χ1n) is 5.85. The lowest BCUT2D eigenvalue weighted by Crippen LogP contribution is -2.10. The van der Waals surface area contributed by atoms with E-state index in [1.807, 2.05) is 6.92 Å². The fraction of sp³-hybridized carbons (Fsp3) is 0.455. The van der Waals surface area contributed by atoms with E-state index in [1.54, 1.807) is 0 Å². The molecule has 18 heavy (non-hydrogen) atoms. The summed E-state index contributed by atoms with van der Waals surface area (Å²) in [6, 6.07) is 0. The zero-order valence-corrected chi connectivity index (χ0v) is 10.7. The van der Waals surface area contributed by atoms with Crippen molar-refractivity contribution in [2.24, 2.45) is 0 Å². The summed E-state index contributed by atoms with van der Waals surface area (Å²) < 4.78 is 5.41. The third kappa shape index (κ3) is 2.26. The number of aromatic nitrogens is 3. The van der Waals surface area contributed by atoms with Crippen LogP contribution < -0.4 is 5.32 Å². The Morgan fingerprint density at radius 1 is 1.56 bits per heavy atom. The molecule has 3 rings (SSSR count). The number of rotatable bonds is 4. The Balaban J connectivity index is 1.69. The molecule has 1 aliphatic rings. The summed E-state index contributed by atoms with van der Waals surface area (Å²) in [5, 5.41) is 11.8. The predicted molar refractivity (Wildman–Crippen MR) is 65.7 cm³/mol. The molecule has 0 aromatic carbocycles. The summed E-state index contributed by atoms with van der Waals surface area (Å²) in [5.74, 6) is 0.963. The van der Waals surface area contributed by atoms with Crippen LogP contribution in [-0.4, -0.2) is 21.1 Å². The predicted octanol–water partition coefficient (Wildman–Crippen LogP) is 2.22. The van der Waals surface area contributed by atoms with Gasteiger partial charge in [-0.2, -0.15) is 0 Å². The van der Waals surface area contributed by atoms with Crippen LogP contribution in [0.4, 0.5) is 5.13 Å². The fourth-order valence-corrected chi connectivity index (χ4v) is 2.19. The van der Waals surface area contributed by atoms with Gasteiger partial charge in [-0.3, -0.25) is 10.1 Å². The van der Waals surface area contributed by atoms with Gasteiger partial charge in [0.15, 0.2) is 5.89 Å². The van der Waals surface area contributed by atoms with E-state index in [2.05, 4.69) is 20.5 Å². The zero-order chi connectivity index (χ0) is 12.5. The van der Waals surface area contributed by atoms with Gasteiger partial charge in [0.05, 0.1) is 6.20 Å². The maximum absolute atomic E-state index is 11.9. The van der Waals surface area contributed by atoms with Gasteiger partial charge in [0.1, 0.15) is 5.01 Å². The van der Waals surface area contributed by atoms with Gasteiger partial charge < -0.3 is 4.42 Å². The Morgan fingerprint density at radius 3 is 3.06 bits per heavy atom. The number of anilines is 1. The van der Waals surface area contributed by atoms with Crippen molar-refractivity contribution in [2.75, 3.05) is 5.32 Å². The van der Waals surface area contributed by atoms with Crippen LogP contribution in [0.1, 0.15) is 47.1 Å². The molecule has 94 valence electrons. The monoisotopic (exact) mass is 264 g/mol. The molecule has 2 heterocycles. The van der Waals surface area contributed by atoms with E-state index in [1.165, 1.54) is 17.5 Å².